The van der Waals surface area contributed by atoms with Crippen LogP contribution in [0.15, 0.2) is 36.4 Å². The third-order valence-electron chi connectivity index (χ3n) is 3.74. The first-order valence-corrected chi connectivity index (χ1v) is 8.23. The molecule has 1 saturated heterocycles. The lowest BCUT2D eigenvalue weighted by atomic mass is 10.1. The van der Waals surface area contributed by atoms with Gasteiger partial charge in [0.1, 0.15) is 11.1 Å². The van der Waals surface area contributed by atoms with Crippen LogP contribution in [0.1, 0.15) is 16.5 Å². The first-order valence-electron chi connectivity index (χ1n) is 7.18. The maximum absolute atomic E-state index is 13.4. The Morgan fingerprint density at radius 2 is 1.92 bits per heavy atom. The summed E-state index contributed by atoms with van der Waals surface area (Å²) in [4.78, 5) is 13.7. The van der Waals surface area contributed by atoms with Crippen molar-refractivity contribution in [3.63, 3.8) is 0 Å². The average molecular weight is 353 g/mol. The number of rotatable bonds is 4. The molecule has 0 N–H and O–H groups in total. The third-order valence-corrected chi connectivity index (χ3v) is 5.00. The predicted molar refractivity (Wildman–Crippen MR) is 85.1 cm³/mol. The second kappa shape index (κ2) is 6.76. The maximum atomic E-state index is 13.4. The summed E-state index contributed by atoms with van der Waals surface area (Å²) < 4.78 is 45.0. The van der Waals surface area contributed by atoms with Gasteiger partial charge in [-0.05, 0) is 35.4 Å². The third kappa shape index (κ3) is 3.21. The molecule has 7 heteroatoms. The van der Waals surface area contributed by atoms with Crippen LogP contribution in [0.4, 0.5) is 13.2 Å². The summed E-state index contributed by atoms with van der Waals surface area (Å²) in [6, 6.07) is 9.11. The molecule has 2 aromatic carbocycles. The molecule has 1 fully saturated rings. The Balaban J connectivity index is 1.88. The van der Waals surface area contributed by atoms with Crippen LogP contribution in [0, 0.1) is 17.5 Å². The molecule has 3 nitrogen and oxygen atoms in total. The summed E-state index contributed by atoms with van der Waals surface area (Å²) in [5.41, 5.74) is 1.06. The van der Waals surface area contributed by atoms with Gasteiger partial charge >= 0.3 is 0 Å². The van der Waals surface area contributed by atoms with E-state index in [1.165, 1.54) is 16.7 Å². The van der Waals surface area contributed by atoms with Gasteiger partial charge in [-0.3, -0.25) is 4.79 Å². The largest absolute Gasteiger partial charge is 0.497 e. The minimum atomic E-state index is -1.51. The van der Waals surface area contributed by atoms with Crippen LogP contribution in [0.5, 0.6) is 5.75 Å². The van der Waals surface area contributed by atoms with E-state index in [1.54, 1.807) is 13.2 Å². The number of carbonyl (C=O) groups excluding carboxylic acids is 1. The highest BCUT2D eigenvalue weighted by Gasteiger charge is 2.33. The van der Waals surface area contributed by atoms with Crippen LogP contribution in [0.25, 0.3) is 0 Å². The molecule has 2 aromatic rings. The van der Waals surface area contributed by atoms with E-state index in [1.807, 2.05) is 18.2 Å². The normalized spacial score (nSPS) is 17.4. The fourth-order valence-corrected chi connectivity index (χ4v) is 3.77. The van der Waals surface area contributed by atoms with Crippen molar-refractivity contribution in [3.05, 3.63) is 65.0 Å². The number of hydrogen-bond donors (Lipinski definition) is 0. The van der Waals surface area contributed by atoms with Crippen LogP contribution >= 0.6 is 11.8 Å². The average Bonchev–Trinajstić information content (AvgIpc) is 2.93. The van der Waals surface area contributed by atoms with Gasteiger partial charge in [0, 0.05) is 6.54 Å². The standard InChI is InChI=1S/C17H14F3NO2S/c1-23-12-4-2-3-11(7-12)17-21(15(22)9-24-17)8-10-5-13(18)16(20)14(19)6-10/h2-7,17H,8-9H2,1H3. The Morgan fingerprint density at radius 3 is 2.58 bits per heavy atom. The molecule has 0 spiro atoms. The van der Waals surface area contributed by atoms with E-state index in [0.717, 1.165) is 17.7 Å². The monoisotopic (exact) mass is 353 g/mol. The number of nitrogens with zero attached hydrogens (tertiary/aromatic N) is 1. The van der Waals surface area contributed by atoms with Gasteiger partial charge < -0.3 is 9.64 Å². The molecular formula is C17H14F3NO2S. The lowest BCUT2D eigenvalue weighted by molar-refractivity contribution is -0.128. The van der Waals surface area contributed by atoms with Crippen molar-refractivity contribution in [1.82, 2.24) is 4.90 Å². The highest BCUT2D eigenvalue weighted by molar-refractivity contribution is 8.00. The van der Waals surface area contributed by atoms with Crippen molar-refractivity contribution in [2.75, 3.05) is 12.9 Å². The van der Waals surface area contributed by atoms with Crippen molar-refractivity contribution < 1.29 is 22.7 Å². The zero-order chi connectivity index (χ0) is 17.3. The first-order chi connectivity index (χ1) is 11.5. The highest BCUT2D eigenvalue weighted by Crippen LogP contribution is 2.40. The fraction of sp³-hybridized carbons (Fsp3) is 0.235. The number of halogens is 3. The Labute approximate surface area is 141 Å². The minimum absolute atomic E-state index is 0.00182. The molecule has 126 valence electrons. The predicted octanol–water partition coefficient (Wildman–Crippen LogP) is 3.89. The van der Waals surface area contributed by atoms with Crippen LogP contribution in [0.3, 0.4) is 0 Å². The lowest BCUT2D eigenvalue weighted by Gasteiger charge is -2.24. The van der Waals surface area contributed by atoms with Gasteiger partial charge in [0.05, 0.1) is 12.9 Å². The Hall–Kier alpha value is -2.15. The quantitative estimate of drug-likeness (QED) is 0.781. The van der Waals surface area contributed by atoms with Gasteiger partial charge in [-0.25, -0.2) is 13.2 Å². The van der Waals surface area contributed by atoms with Crippen molar-refractivity contribution in [2.45, 2.75) is 11.9 Å². The Bertz CT molecular complexity index is 761. The SMILES string of the molecule is COc1cccc(C2SCC(=O)N2Cc2cc(F)c(F)c(F)c2)c1. The molecule has 1 aliphatic heterocycles. The second-order valence-electron chi connectivity index (χ2n) is 5.34. The number of carbonyl (C=O) groups is 1. The van der Waals surface area contributed by atoms with Crippen LogP contribution in [0.2, 0.25) is 0 Å². The molecule has 1 amide bonds. The fourth-order valence-electron chi connectivity index (χ4n) is 2.59. The number of benzene rings is 2. The smallest absolute Gasteiger partial charge is 0.234 e. The highest BCUT2D eigenvalue weighted by atomic mass is 32.2. The molecule has 1 atom stereocenters. The molecule has 24 heavy (non-hydrogen) atoms. The van der Waals surface area contributed by atoms with E-state index < -0.39 is 17.5 Å². The molecule has 0 saturated carbocycles. The summed E-state index contributed by atoms with van der Waals surface area (Å²) in [6.45, 7) is 0.00182. The van der Waals surface area contributed by atoms with E-state index in [2.05, 4.69) is 0 Å². The van der Waals surface area contributed by atoms with E-state index >= 15 is 0 Å². The van der Waals surface area contributed by atoms with E-state index in [9.17, 15) is 18.0 Å². The number of methoxy groups -OCH3 is 1. The number of ether oxygens (including phenoxy) is 1. The number of amides is 1. The topological polar surface area (TPSA) is 29.5 Å². The van der Waals surface area contributed by atoms with Crippen LogP contribution in [-0.4, -0.2) is 23.7 Å². The van der Waals surface area contributed by atoms with Crippen LogP contribution in [-0.2, 0) is 11.3 Å². The molecule has 3 rings (SSSR count). The van der Waals surface area contributed by atoms with Crippen molar-refractivity contribution in [2.24, 2.45) is 0 Å². The zero-order valence-electron chi connectivity index (χ0n) is 12.8. The Morgan fingerprint density at radius 1 is 1.21 bits per heavy atom. The molecule has 0 radical (unpaired) electrons. The van der Waals surface area contributed by atoms with Crippen molar-refractivity contribution in [3.8, 4) is 5.75 Å². The van der Waals surface area contributed by atoms with Crippen molar-refractivity contribution in [1.29, 1.82) is 0 Å². The van der Waals surface area contributed by atoms with Gasteiger partial charge in [-0.2, -0.15) is 0 Å². The summed E-state index contributed by atoms with van der Waals surface area (Å²) in [5.74, 6) is -3.24. The van der Waals surface area contributed by atoms with Crippen molar-refractivity contribution >= 4 is 17.7 Å². The summed E-state index contributed by atoms with van der Waals surface area (Å²) in [5, 5.41) is -0.288. The Kier molecular flexibility index (Phi) is 4.71. The van der Waals surface area contributed by atoms with Crippen LogP contribution < -0.4 is 4.74 Å². The number of thioether (sulfide) groups is 1. The van der Waals surface area contributed by atoms with Gasteiger partial charge in [-0.1, -0.05) is 12.1 Å². The van der Waals surface area contributed by atoms with Gasteiger partial charge in [0.15, 0.2) is 17.5 Å². The molecule has 1 aliphatic rings. The number of hydrogen-bond acceptors (Lipinski definition) is 3. The molecular weight excluding hydrogens is 339 g/mol. The zero-order valence-corrected chi connectivity index (χ0v) is 13.6. The molecule has 0 aromatic heterocycles. The second-order valence-corrected chi connectivity index (χ2v) is 6.40. The van der Waals surface area contributed by atoms with E-state index in [0.29, 0.717) is 5.75 Å². The minimum Gasteiger partial charge on any atom is -0.497 e. The summed E-state index contributed by atoms with van der Waals surface area (Å²) >= 11 is 1.42. The first kappa shape index (κ1) is 16.7. The van der Waals surface area contributed by atoms with Gasteiger partial charge in [0.25, 0.3) is 0 Å². The molecule has 0 bridgehead atoms. The molecule has 1 heterocycles. The van der Waals surface area contributed by atoms with E-state index in [4.69, 9.17) is 4.74 Å². The maximum Gasteiger partial charge on any atom is 0.234 e. The molecule has 0 aliphatic carbocycles. The summed E-state index contributed by atoms with van der Waals surface area (Å²) in [7, 11) is 1.55. The van der Waals surface area contributed by atoms with E-state index in [-0.39, 0.29) is 29.1 Å². The van der Waals surface area contributed by atoms with Gasteiger partial charge in [-0.15, -0.1) is 11.8 Å². The molecule has 1 unspecified atom stereocenters. The van der Waals surface area contributed by atoms with Gasteiger partial charge in [0.2, 0.25) is 5.91 Å². The lowest BCUT2D eigenvalue weighted by Crippen LogP contribution is -2.27. The summed E-state index contributed by atoms with van der Waals surface area (Å²) in [6.07, 6.45) is 0.